The van der Waals surface area contributed by atoms with Crippen LogP contribution in [0.2, 0.25) is 0 Å². The number of fused-ring (bicyclic) bond motifs is 1. The highest BCUT2D eigenvalue weighted by Gasteiger charge is 2.49. The number of carbonyl (C=O) groups excluding carboxylic acids is 2. The molecular formula is C11H9BrN2O2. The van der Waals surface area contributed by atoms with Crippen LogP contribution in [0.1, 0.15) is 11.1 Å². The van der Waals surface area contributed by atoms with Gasteiger partial charge in [-0.2, -0.15) is 0 Å². The van der Waals surface area contributed by atoms with E-state index >= 15 is 0 Å². The molecule has 1 aliphatic carbocycles. The predicted octanol–water partition coefficient (Wildman–Crippen LogP) is 1.13. The molecule has 1 saturated heterocycles. The first-order valence-electron chi connectivity index (χ1n) is 5.00. The molecule has 82 valence electrons. The second-order valence-electron chi connectivity index (χ2n) is 4.26. The molecule has 1 fully saturated rings. The molecule has 5 heteroatoms. The highest BCUT2D eigenvalue weighted by molar-refractivity contribution is 9.10. The van der Waals surface area contributed by atoms with Crippen molar-refractivity contribution in [2.75, 3.05) is 0 Å². The lowest BCUT2D eigenvalue weighted by molar-refractivity contribution is -0.123. The summed E-state index contributed by atoms with van der Waals surface area (Å²) in [6, 6.07) is 5.55. The van der Waals surface area contributed by atoms with Crippen molar-refractivity contribution in [2.45, 2.75) is 18.4 Å². The normalized spacial score (nSPS) is 26.8. The van der Waals surface area contributed by atoms with Crippen molar-refractivity contribution < 1.29 is 9.59 Å². The van der Waals surface area contributed by atoms with Crippen LogP contribution in [0.3, 0.4) is 0 Å². The second-order valence-corrected chi connectivity index (χ2v) is 5.17. The van der Waals surface area contributed by atoms with Gasteiger partial charge in [-0.25, -0.2) is 4.79 Å². The Hall–Kier alpha value is -1.36. The molecule has 1 aliphatic heterocycles. The fraction of sp³-hybridized carbons (Fsp3) is 0.273. The first-order valence-corrected chi connectivity index (χ1v) is 5.79. The maximum atomic E-state index is 11.8. The molecule has 1 aromatic carbocycles. The molecule has 3 amide bonds. The summed E-state index contributed by atoms with van der Waals surface area (Å²) in [5.41, 5.74) is 1.49. The lowest BCUT2D eigenvalue weighted by Gasteiger charge is -2.18. The van der Waals surface area contributed by atoms with Crippen molar-refractivity contribution in [1.82, 2.24) is 10.6 Å². The van der Waals surface area contributed by atoms with E-state index in [1.165, 1.54) is 0 Å². The first kappa shape index (κ1) is 9.84. The van der Waals surface area contributed by atoms with Crippen molar-refractivity contribution in [3.63, 3.8) is 0 Å². The fourth-order valence-electron chi connectivity index (χ4n) is 2.42. The molecule has 0 aromatic heterocycles. The molecule has 1 spiro atoms. The van der Waals surface area contributed by atoms with E-state index < -0.39 is 11.6 Å². The molecule has 2 N–H and O–H groups in total. The Morgan fingerprint density at radius 3 is 2.62 bits per heavy atom. The van der Waals surface area contributed by atoms with Crippen molar-refractivity contribution >= 4 is 27.9 Å². The van der Waals surface area contributed by atoms with E-state index in [0.717, 1.165) is 15.6 Å². The molecule has 0 saturated carbocycles. The quantitative estimate of drug-likeness (QED) is 0.700. The lowest BCUT2D eigenvalue weighted by atomic mass is 9.96. The van der Waals surface area contributed by atoms with Gasteiger partial charge < -0.3 is 5.32 Å². The molecule has 0 bridgehead atoms. The van der Waals surface area contributed by atoms with Crippen LogP contribution < -0.4 is 10.6 Å². The van der Waals surface area contributed by atoms with Gasteiger partial charge in [-0.3, -0.25) is 10.1 Å². The third-order valence-corrected chi connectivity index (χ3v) is 3.66. The maximum Gasteiger partial charge on any atom is 0.322 e. The topological polar surface area (TPSA) is 58.2 Å². The second kappa shape index (κ2) is 3.07. The standard InChI is InChI=1S/C11H9BrN2O2/c12-8-2-1-6-4-11(5-7(6)3-8)9(15)13-10(16)14-11/h1-3H,4-5H2,(H2,13,14,15,16)/t11-/m1/s1. The molecule has 0 unspecified atom stereocenters. The van der Waals surface area contributed by atoms with Gasteiger partial charge in [-0.05, 0) is 23.3 Å². The Kier molecular flexibility index (Phi) is 1.89. The van der Waals surface area contributed by atoms with Gasteiger partial charge in [0.15, 0.2) is 0 Å². The molecular weight excluding hydrogens is 272 g/mol. The van der Waals surface area contributed by atoms with Crippen molar-refractivity contribution in [1.29, 1.82) is 0 Å². The molecule has 16 heavy (non-hydrogen) atoms. The van der Waals surface area contributed by atoms with Crippen LogP contribution in [0.4, 0.5) is 4.79 Å². The van der Waals surface area contributed by atoms with Gasteiger partial charge in [0.25, 0.3) is 5.91 Å². The number of nitrogens with one attached hydrogen (secondary N) is 2. The van der Waals surface area contributed by atoms with Crippen LogP contribution in [0.15, 0.2) is 22.7 Å². The number of imide groups is 1. The van der Waals surface area contributed by atoms with Gasteiger partial charge >= 0.3 is 6.03 Å². The molecule has 2 aliphatic rings. The molecule has 1 aromatic rings. The van der Waals surface area contributed by atoms with Crippen LogP contribution in [-0.4, -0.2) is 17.5 Å². The smallest absolute Gasteiger partial charge is 0.322 e. The van der Waals surface area contributed by atoms with Gasteiger partial charge in [-0.1, -0.05) is 22.0 Å². The number of urea groups is 1. The Labute approximate surface area is 101 Å². The molecule has 1 atom stereocenters. The minimum Gasteiger partial charge on any atom is -0.323 e. The highest BCUT2D eigenvalue weighted by atomic mass is 79.9. The van der Waals surface area contributed by atoms with Crippen LogP contribution >= 0.6 is 15.9 Å². The number of carbonyl (C=O) groups is 2. The Balaban J connectivity index is 2.01. The van der Waals surface area contributed by atoms with Crippen LogP contribution in [0.25, 0.3) is 0 Å². The fourth-order valence-corrected chi connectivity index (χ4v) is 2.83. The number of rotatable bonds is 0. The van der Waals surface area contributed by atoms with Gasteiger partial charge in [0.05, 0.1) is 0 Å². The highest BCUT2D eigenvalue weighted by Crippen LogP contribution is 2.33. The van der Waals surface area contributed by atoms with Gasteiger partial charge in [-0.15, -0.1) is 0 Å². The first-order chi connectivity index (χ1) is 7.59. The third kappa shape index (κ3) is 1.28. The maximum absolute atomic E-state index is 11.8. The van der Waals surface area contributed by atoms with E-state index in [1.807, 2.05) is 18.2 Å². The molecule has 1 heterocycles. The van der Waals surface area contributed by atoms with E-state index in [9.17, 15) is 9.59 Å². The van der Waals surface area contributed by atoms with Gasteiger partial charge in [0.2, 0.25) is 0 Å². The van der Waals surface area contributed by atoms with Crippen molar-refractivity contribution in [3.8, 4) is 0 Å². The predicted molar refractivity (Wildman–Crippen MR) is 61.0 cm³/mol. The zero-order valence-electron chi connectivity index (χ0n) is 8.34. The monoisotopic (exact) mass is 280 g/mol. The van der Waals surface area contributed by atoms with Crippen molar-refractivity contribution in [2.24, 2.45) is 0 Å². The summed E-state index contributed by atoms with van der Waals surface area (Å²) < 4.78 is 0.994. The number of halogens is 1. The van der Waals surface area contributed by atoms with Crippen molar-refractivity contribution in [3.05, 3.63) is 33.8 Å². The van der Waals surface area contributed by atoms with Crippen LogP contribution in [0.5, 0.6) is 0 Å². The van der Waals surface area contributed by atoms with Crippen LogP contribution in [-0.2, 0) is 17.6 Å². The SMILES string of the molecule is O=C1NC(=O)[C@]2(Cc3ccc(Br)cc3C2)N1. The molecule has 4 nitrogen and oxygen atoms in total. The molecule has 0 radical (unpaired) electrons. The van der Waals surface area contributed by atoms with Gasteiger partial charge in [0, 0.05) is 17.3 Å². The van der Waals surface area contributed by atoms with Gasteiger partial charge in [0.1, 0.15) is 5.54 Å². The summed E-state index contributed by atoms with van der Waals surface area (Å²) in [6.45, 7) is 0. The zero-order chi connectivity index (χ0) is 11.3. The third-order valence-electron chi connectivity index (χ3n) is 3.17. The minimum atomic E-state index is -0.750. The van der Waals surface area contributed by atoms with E-state index in [4.69, 9.17) is 0 Å². The number of hydrogen-bond acceptors (Lipinski definition) is 2. The Morgan fingerprint density at radius 1 is 1.19 bits per heavy atom. The number of hydrogen-bond donors (Lipinski definition) is 2. The number of benzene rings is 1. The summed E-state index contributed by atoms with van der Waals surface area (Å²) >= 11 is 3.40. The minimum absolute atomic E-state index is 0.218. The largest absolute Gasteiger partial charge is 0.323 e. The number of amides is 3. The average molecular weight is 281 g/mol. The van der Waals surface area contributed by atoms with E-state index in [-0.39, 0.29) is 5.91 Å². The van der Waals surface area contributed by atoms with E-state index in [2.05, 4.69) is 26.6 Å². The molecule has 3 rings (SSSR count). The Bertz CT molecular complexity index is 515. The Morgan fingerprint density at radius 2 is 1.94 bits per heavy atom. The average Bonchev–Trinajstić information content (AvgIpc) is 2.67. The summed E-state index contributed by atoms with van der Waals surface area (Å²) in [5.74, 6) is -0.218. The lowest BCUT2D eigenvalue weighted by Crippen LogP contribution is -2.47. The van der Waals surface area contributed by atoms with Crippen LogP contribution in [0, 0.1) is 0 Å². The summed E-state index contributed by atoms with van der Waals surface area (Å²) in [5, 5.41) is 5.03. The zero-order valence-corrected chi connectivity index (χ0v) is 9.93. The van der Waals surface area contributed by atoms with E-state index in [0.29, 0.717) is 12.8 Å². The summed E-state index contributed by atoms with van der Waals surface area (Å²) in [4.78, 5) is 22.9. The van der Waals surface area contributed by atoms with E-state index in [1.54, 1.807) is 0 Å². The summed E-state index contributed by atoms with van der Waals surface area (Å²) in [7, 11) is 0. The summed E-state index contributed by atoms with van der Waals surface area (Å²) in [6.07, 6.45) is 1.15.